The van der Waals surface area contributed by atoms with Crippen LogP contribution in [0.1, 0.15) is 23.2 Å². The molecule has 0 spiro atoms. The number of carbonyl (C=O) groups is 1. The normalized spacial score (nSPS) is 19.3. The van der Waals surface area contributed by atoms with Crippen LogP contribution in [-0.4, -0.2) is 56.3 Å². The zero-order chi connectivity index (χ0) is 15.2. The van der Waals surface area contributed by atoms with Crippen LogP contribution in [0.25, 0.3) is 0 Å². The van der Waals surface area contributed by atoms with Crippen LogP contribution < -0.4 is 9.47 Å². The number of Topliss-reactive ketones (excluding diaryl/α,β-unsaturated/α-hetero) is 1. The average molecular weight is 293 g/mol. The van der Waals surface area contributed by atoms with E-state index in [2.05, 4.69) is 4.90 Å². The second-order valence-electron chi connectivity index (χ2n) is 5.30. The maximum absolute atomic E-state index is 12.6. The summed E-state index contributed by atoms with van der Waals surface area (Å²) in [4.78, 5) is 14.8. The number of rotatable bonds is 6. The van der Waals surface area contributed by atoms with Crippen molar-refractivity contribution < 1.29 is 19.4 Å². The van der Waals surface area contributed by atoms with Gasteiger partial charge in [0.15, 0.2) is 17.3 Å². The number of hydrogen-bond donors (Lipinski definition) is 1. The van der Waals surface area contributed by atoms with Gasteiger partial charge < -0.3 is 19.5 Å². The predicted octanol–water partition coefficient (Wildman–Crippen LogP) is 1.59. The Balaban J connectivity index is 2.12. The fourth-order valence-electron chi connectivity index (χ4n) is 2.84. The molecule has 5 nitrogen and oxygen atoms in total. The number of benzene rings is 1. The first-order valence-electron chi connectivity index (χ1n) is 7.29. The lowest BCUT2D eigenvalue weighted by Gasteiger charge is -2.31. The maximum atomic E-state index is 12.6. The van der Waals surface area contributed by atoms with Gasteiger partial charge in [0.2, 0.25) is 0 Å². The Morgan fingerprint density at radius 2 is 2.10 bits per heavy atom. The molecule has 1 N–H and O–H groups in total. The van der Waals surface area contributed by atoms with Crippen molar-refractivity contribution >= 4 is 5.78 Å². The number of aliphatic hydroxyl groups is 1. The van der Waals surface area contributed by atoms with Gasteiger partial charge in [-0.25, -0.2) is 0 Å². The van der Waals surface area contributed by atoms with Gasteiger partial charge in [-0.1, -0.05) is 0 Å². The Morgan fingerprint density at radius 3 is 2.76 bits per heavy atom. The van der Waals surface area contributed by atoms with Crippen molar-refractivity contribution in [3.8, 4) is 11.5 Å². The molecule has 0 amide bonds. The third kappa shape index (κ3) is 3.74. The molecule has 0 saturated carbocycles. The molecule has 116 valence electrons. The maximum Gasteiger partial charge on any atom is 0.167 e. The fraction of sp³-hybridized carbons (Fsp3) is 0.562. The van der Waals surface area contributed by atoms with Gasteiger partial charge in [-0.15, -0.1) is 0 Å². The number of likely N-dealkylation sites (tertiary alicyclic amines) is 1. The van der Waals surface area contributed by atoms with Gasteiger partial charge in [0, 0.05) is 24.6 Å². The van der Waals surface area contributed by atoms with E-state index in [-0.39, 0.29) is 18.3 Å². The van der Waals surface area contributed by atoms with E-state index < -0.39 is 0 Å². The van der Waals surface area contributed by atoms with Gasteiger partial charge in [0.05, 0.1) is 20.8 Å². The summed E-state index contributed by atoms with van der Waals surface area (Å²) in [7, 11) is 3.14. The van der Waals surface area contributed by atoms with Gasteiger partial charge in [0.25, 0.3) is 0 Å². The molecule has 1 aliphatic rings. The highest BCUT2D eigenvalue weighted by Crippen LogP contribution is 2.29. The summed E-state index contributed by atoms with van der Waals surface area (Å²) >= 11 is 0. The SMILES string of the molecule is COc1ccc(C(=O)C2CCCN(CCO)C2)cc1OC. The number of piperidine rings is 1. The summed E-state index contributed by atoms with van der Waals surface area (Å²) in [5.41, 5.74) is 0.656. The molecule has 1 aliphatic heterocycles. The van der Waals surface area contributed by atoms with Crippen LogP contribution in [0.3, 0.4) is 0 Å². The van der Waals surface area contributed by atoms with Crippen LogP contribution in [0, 0.1) is 5.92 Å². The van der Waals surface area contributed by atoms with Crippen LogP contribution in [0.5, 0.6) is 11.5 Å². The van der Waals surface area contributed by atoms with Gasteiger partial charge in [-0.05, 0) is 37.6 Å². The molecule has 1 aromatic rings. The Hall–Kier alpha value is -1.59. The highest BCUT2D eigenvalue weighted by atomic mass is 16.5. The quantitative estimate of drug-likeness (QED) is 0.807. The first-order chi connectivity index (χ1) is 10.2. The smallest absolute Gasteiger partial charge is 0.167 e. The van der Waals surface area contributed by atoms with Crippen molar-refractivity contribution in [1.29, 1.82) is 0 Å². The number of ether oxygens (including phenoxy) is 2. The number of methoxy groups -OCH3 is 2. The molecule has 5 heteroatoms. The van der Waals surface area contributed by atoms with E-state index in [1.807, 2.05) is 0 Å². The zero-order valence-corrected chi connectivity index (χ0v) is 12.7. The van der Waals surface area contributed by atoms with Gasteiger partial charge in [-0.2, -0.15) is 0 Å². The van der Waals surface area contributed by atoms with Crippen LogP contribution in [-0.2, 0) is 0 Å². The van der Waals surface area contributed by atoms with Gasteiger partial charge in [-0.3, -0.25) is 4.79 Å². The van der Waals surface area contributed by atoms with E-state index in [0.29, 0.717) is 30.2 Å². The number of ketones is 1. The second-order valence-corrected chi connectivity index (χ2v) is 5.30. The Bertz CT molecular complexity index is 487. The van der Waals surface area contributed by atoms with Crippen molar-refractivity contribution in [1.82, 2.24) is 4.90 Å². The molecular formula is C16H23NO4. The third-order valence-electron chi connectivity index (χ3n) is 3.96. The predicted molar refractivity (Wildman–Crippen MR) is 80.1 cm³/mol. The topological polar surface area (TPSA) is 59.0 Å². The second kappa shape index (κ2) is 7.43. The monoisotopic (exact) mass is 293 g/mol. The molecule has 21 heavy (non-hydrogen) atoms. The van der Waals surface area contributed by atoms with Crippen LogP contribution >= 0.6 is 0 Å². The van der Waals surface area contributed by atoms with Crippen LogP contribution in [0.2, 0.25) is 0 Å². The molecule has 0 aliphatic carbocycles. The summed E-state index contributed by atoms with van der Waals surface area (Å²) < 4.78 is 10.4. The lowest BCUT2D eigenvalue weighted by molar-refractivity contribution is 0.0793. The summed E-state index contributed by atoms with van der Waals surface area (Å²) in [6, 6.07) is 5.29. The molecule has 1 unspecified atom stereocenters. The third-order valence-corrected chi connectivity index (χ3v) is 3.96. The van der Waals surface area contributed by atoms with E-state index in [0.717, 1.165) is 19.4 Å². The minimum absolute atomic E-state index is 0.0107. The van der Waals surface area contributed by atoms with Gasteiger partial charge in [0.1, 0.15) is 0 Å². The van der Waals surface area contributed by atoms with E-state index in [1.54, 1.807) is 32.4 Å². The molecular weight excluding hydrogens is 270 g/mol. The van der Waals surface area contributed by atoms with E-state index in [1.165, 1.54) is 0 Å². The summed E-state index contributed by atoms with van der Waals surface area (Å²) in [5.74, 6) is 1.33. The molecule has 1 atom stereocenters. The molecule has 0 bridgehead atoms. The number of hydrogen-bond acceptors (Lipinski definition) is 5. The Labute approximate surface area is 125 Å². The van der Waals surface area contributed by atoms with Crippen molar-refractivity contribution in [3.05, 3.63) is 23.8 Å². The lowest BCUT2D eigenvalue weighted by Crippen LogP contribution is -2.40. The van der Waals surface area contributed by atoms with Crippen molar-refractivity contribution in [3.63, 3.8) is 0 Å². The molecule has 1 heterocycles. The summed E-state index contributed by atoms with van der Waals surface area (Å²) in [5, 5.41) is 9.03. The number of β-amino-alcohol motifs (C(OH)–C–C–N with tert-alkyl or cyclic N) is 1. The van der Waals surface area contributed by atoms with Crippen molar-refractivity contribution in [2.45, 2.75) is 12.8 Å². The zero-order valence-electron chi connectivity index (χ0n) is 12.7. The van der Waals surface area contributed by atoms with Crippen molar-refractivity contribution in [2.24, 2.45) is 5.92 Å². The average Bonchev–Trinajstić information content (AvgIpc) is 2.54. The largest absolute Gasteiger partial charge is 0.493 e. The number of aliphatic hydroxyl groups excluding tert-OH is 1. The molecule has 1 saturated heterocycles. The molecule has 0 aromatic heterocycles. The molecule has 0 radical (unpaired) electrons. The molecule has 2 rings (SSSR count). The van der Waals surface area contributed by atoms with Crippen LogP contribution in [0.15, 0.2) is 18.2 Å². The minimum atomic E-state index is -0.0107. The number of nitrogens with zero attached hydrogens (tertiary/aromatic N) is 1. The highest BCUT2D eigenvalue weighted by Gasteiger charge is 2.26. The van der Waals surface area contributed by atoms with E-state index in [4.69, 9.17) is 14.6 Å². The van der Waals surface area contributed by atoms with E-state index >= 15 is 0 Å². The van der Waals surface area contributed by atoms with Crippen LogP contribution in [0.4, 0.5) is 0 Å². The molecule has 1 aromatic carbocycles. The lowest BCUT2D eigenvalue weighted by atomic mass is 9.90. The standard InChI is InChI=1S/C16H23NO4/c1-20-14-6-5-12(10-15(14)21-2)16(19)13-4-3-7-17(11-13)8-9-18/h5-6,10,13,18H,3-4,7-9,11H2,1-2H3. The summed E-state index contributed by atoms with van der Waals surface area (Å²) in [6.45, 7) is 2.44. The van der Waals surface area contributed by atoms with E-state index in [9.17, 15) is 4.79 Å². The fourth-order valence-corrected chi connectivity index (χ4v) is 2.84. The Kier molecular flexibility index (Phi) is 5.59. The minimum Gasteiger partial charge on any atom is -0.493 e. The first kappa shape index (κ1) is 15.8. The van der Waals surface area contributed by atoms with Gasteiger partial charge >= 0.3 is 0 Å². The Morgan fingerprint density at radius 1 is 1.33 bits per heavy atom. The van der Waals surface area contributed by atoms with Crippen molar-refractivity contribution in [2.75, 3.05) is 40.5 Å². The summed E-state index contributed by atoms with van der Waals surface area (Å²) in [6.07, 6.45) is 1.89. The number of carbonyl (C=O) groups excluding carboxylic acids is 1. The first-order valence-corrected chi connectivity index (χ1v) is 7.29. The highest BCUT2D eigenvalue weighted by molar-refractivity contribution is 5.98. The molecule has 1 fully saturated rings.